The molecule has 0 atom stereocenters. The number of thiazole rings is 1. The highest BCUT2D eigenvalue weighted by Gasteiger charge is 2.25. The molecule has 0 spiro atoms. The monoisotopic (exact) mass is 399 g/mol. The van der Waals surface area contributed by atoms with Gasteiger partial charge in [-0.1, -0.05) is 11.3 Å². The average Bonchev–Trinajstić information content (AvgIpc) is 3.09. The van der Waals surface area contributed by atoms with Crippen LogP contribution in [0.4, 0.5) is 10.1 Å². The van der Waals surface area contributed by atoms with Gasteiger partial charge in [-0.2, -0.15) is 0 Å². The third-order valence-corrected chi connectivity index (χ3v) is 5.87. The SMILES string of the molecule is CN(C)c1ccc(C(=O)N2CCC(Oc3nc4ccc(F)cc4s3)CC2)cc1. The number of rotatable bonds is 4. The van der Waals surface area contributed by atoms with Crippen molar-refractivity contribution in [1.82, 2.24) is 9.88 Å². The molecule has 4 rings (SSSR count). The summed E-state index contributed by atoms with van der Waals surface area (Å²) in [6.45, 7) is 1.30. The van der Waals surface area contributed by atoms with E-state index in [1.165, 1.54) is 23.5 Å². The van der Waals surface area contributed by atoms with Crippen molar-refractivity contribution in [2.75, 3.05) is 32.1 Å². The average molecular weight is 399 g/mol. The van der Waals surface area contributed by atoms with Crippen LogP contribution in [0, 0.1) is 5.82 Å². The zero-order valence-electron chi connectivity index (χ0n) is 15.9. The number of aromatic nitrogens is 1. The summed E-state index contributed by atoms with van der Waals surface area (Å²) in [5.74, 6) is -0.215. The predicted molar refractivity (Wildman–Crippen MR) is 110 cm³/mol. The third kappa shape index (κ3) is 3.94. The normalized spacial score (nSPS) is 15.0. The fourth-order valence-corrected chi connectivity index (χ4v) is 4.24. The Labute approximate surface area is 167 Å². The Kier molecular flexibility index (Phi) is 5.17. The van der Waals surface area contributed by atoms with Gasteiger partial charge < -0.3 is 14.5 Å². The van der Waals surface area contributed by atoms with Crippen LogP contribution in [-0.4, -0.2) is 49.1 Å². The van der Waals surface area contributed by atoms with Crippen molar-refractivity contribution in [3.05, 3.63) is 53.8 Å². The number of hydrogen-bond donors (Lipinski definition) is 0. The summed E-state index contributed by atoms with van der Waals surface area (Å²) in [5, 5.41) is 0.560. The lowest BCUT2D eigenvalue weighted by molar-refractivity contribution is 0.0595. The number of halogens is 1. The quantitative estimate of drug-likeness (QED) is 0.660. The van der Waals surface area contributed by atoms with E-state index < -0.39 is 0 Å². The Hall–Kier alpha value is -2.67. The minimum Gasteiger partial charge on any atom is -0.467 e. The lowest BCUT2D eigenvalue weighted by Gasteiger charge is -2.31. The molecule has 1 fully saturated rings. The second-order valence-corrected chi connectivity index (χ2v) is 8.14. The largest absolute Gasteiger partial charge is 0.467 e. The Morgan fingerprint density at radius 2 is 1.89 bits per heavy atom. The first-order chi connectivity index (χ1) is 13.5. The zero-order valence-corrected chi connectivity index (χ0v) is 16.7. The number of carbonyl (C=O) groups is 1. The third-order valence-electron chi connectivity index (χ3n) is 4.96. The Morgan fingerprint density at radius 1 is 1.18 bits per heavy atom. The molecule has 146 valence electrons. The molecule has 0 radical (unpaired) electrons. The van der Waals surface area contributed by atoms with Gasteiger partial charge >= 0.3 is 0 Å². The van der Waals surface area contributed by atoms with Crippen LogP contribution >= 0.6 is 11.3 Å². The molecule has 0 saturated carbocycles. The first-order valence-corrected chi connectivity index (χ1v) is 10.1. The summed E-state index contributed by atoms with van der Waals surface area (Å²) in [7, 11) is 3.95. The number of likely N-dealkylation sites (tertiary alicyclic amines) is 1. The maximum absolute atomic E-state index is 13.3. The van der Waals surface area contributed by atoms with Crippen molar-refractivity contribution in [3.63, 3.8) is 0 Å². The highest BCUT2D eigenvalue weighted by molar-refractivity contribution is 7.20. The van der Waals surface area contributed by atoms with Gasteiger partial charge in [0.15, 0.2) is 0 Å². The second kappa shape index (κ2) is 7.75. The molecule has 1 saturated heterocycles. The second-order valence-electron chi connectivity index (χ2n) is 7.14. The maximum atomic E-state index is 13.3. The molecule has 3 aromatic rings. The van der Waals surface area contributed by atoms with E-state index in [1.807, 2.05) is 48.2 Å². The van der Waals surface area contributed by atoms with Crippen molar-refractivity contribution >= 4 is 33.1 Å². The molecule has 7 heteroatoms. The van der Waals surface area contributed by atoms with Gasteiger partial charge in [-0.05, 0) is 42.5 Å². The smallest absolute Gasteiger partial charge is 0.274 e. The lowest BCUT2D eigenvalue weighted by Crippen LogP contribution is -2.41. The molecule has 0 N–H and O–H groups in total. The number of nitrogens with zero attached hydrogens (tertiary/aromatic N) is 3. The zero-order chi connectivity index (χ0) is 19.7. The molecular weight excluding hydrogens is 377 g/mol. The summed E-state index contributed by atoms with van der Waals surface area (Å²) in [6.07, 6.45) is 1.53. The van der Waals surface area contributed by atoms with Crippen molar-refractivity contribution in [2.24, 2.45) is 0 Å². The predicted octanol–water partition coefficient (Wildman–Crippen LogP) is 4.19. The molecule has 28 heavy (non-hydrogen) atoms. The van der Waals surface area contributed by atoms with Crippen molar-refractivity contribution in [2.45, 2.75) is 18.9 Å². The molecule has 0 aliphatic carbocycles. The van der Waals surface area contributed by atoms with Gasteiger partial charge in [-0.25, -0.2) is 9.37 Å². The van der Waals surface area contributed by atoms with Crippen LogP contribution in [0.3, 0.4) is 0 Å². The molecule has 1 aliphatic heterocycles. The summed E-state index contributed by atoms with van der Waals surface area (Å²) in [6, 6.07) is 12.2. The van der Waals surface area contributed by atoms with E-state index in [4.69, 9.17) is 4.74 Å². The van der Waals surface area contributed by atoms with Gasteiger partial charge in [-0.15, -0.1) is 0 Å². The molecule has 2 aromatic carbocycles. The fourth-order valence-electron chi connectivity index (χ4n) is 3.33. The van der Waals surface area contributed by atoms with Crippen LogP contribution in [0.15, 0.2) is 42.5 Å². The number of anilines is 1. The van der Waals surface area contributed by atoms with Gasteiger partial charge in [0.2, 0.25) is 0 Å². The molecule has 0 bridgehead atoms. The van der Waals surface area contributed by atoms with E-state index in [0.717, 1.165) is 28.7 Å². The molecule has 1 aliphatic rings. The van der Waals surface area contributed by atoms with Gasteiger partial charge in [0.1, 0.15) is 11.9 Å². The molecule has 1 aromatic heterocycles. The summed E-state index contributed by atoms with van der Waals surface area (Å²) < 4.78 is 20.1. The number of amides is 1. The number of piperidine rings is 1. The number of carbonyl (C=O) groups excluding carboxylic acids is 1. The van der Waals surface area contributed by atoms with Gasteiger partial charge in [0, 0.05) is 51.3 Å². The number of hydrogen-bond acceptors (Lipinski definition) is 5. The number of ether oxygens (including phenoxy) is 1. The van der Waals surface area contributed by atoms with Gasteiger partial charge in [-0.3, -0.25) is 4.79 Å². The van der Waals surface area contributed by atoms with Crippen molar-refractivity contribution in [3.8, 4) is 5.19 Å². The summed E-state index contributed by atoms with van der Waals surface area (Å²) in [5.41, 5.74) is 2.52. The highest BCUT2D eigenvalue weighted by atomic mass is 32.1. The first kappa shape index (κ1) is 18.7. The minimum atomic E-state index is -0.270. The topological polar surface area (TPSA) is 45.7 Å². The fraction of sp³-hybridized carbons (Fsp3) is 0.333. The highest BCUT2D eigenvalue weighted by Crippen LogP contribution is 2.30. The Balaban J connectivity index is 1.35. The van der Waals surface area contributed by atoms with E-state index in [9.17, 15) is 9.18 Å². The van der Waals surface area contributed by atoms with Crippen LogP contribution < -0.4 is 9.64 Å². The van der Waals surface area contributed by atoms with Crippen LogP contribution in [0.2, 0.25) is 0 Å². The van der Waals surface area contributed by atoms with E-state index in [1.54, 1.807) is 6.07 Å². The van der Waals surface area contributed by atoms with Crippen LogP contribution in [0.1, 0.15) is 23.2 Å². The van der Waals surface area contributed by atoms with E-state index in [-0.39, 0.29) is 17.8 Å². The van der Waals surface area contributed by atoms with Crippen LogP contribution in [0.25, 0.3) is 10.2 Å². The van der Waals surface area contributed by atoms with E-state index in [2.05, 4.69) is 4.98 Å². The molecule has 2 heterocycles. The minimum absolute atomic E-state index is 0.0191. The summed E-state index contributed by atoms with van der Waals surface area (Å²) >= 11 is 1.35. The lowest BCUT2D eigenvalue weighted by atomic mass is 10.1. The first-order valence-electron chi connectivity index (χ1n) is 9.29. The molecule has 0 unspecified atom stereocenters. The Morgan fingerprint density at radius 3 is 2.57 bits per heavy atom. The Bertz CT molecular complexity index is 979. The molecule has 5 nitrogen and oxygen atoms in total. The number of fused-ring (bicyclic) bond motifs is 1. The number of benzene rings is 2. The van der Waals surface area contributed by atoms with Crippen molar-refractivity contribution in [1.29, 1.82) is 0 Å². The summed E-state index contributed by atoms with van der Waals surface area (Å²) in [4.78, 5) is 21.0. The van der Waals surface area contributed by atoms with Gasteiger partial charge in [0.25, 0.3) is 11.1 Å². The molecule has 1 amide bonds. The van der Waals surface area contributed by atoms with Crippen molar-refractivity contribution < 1.29 is 13.9 Å². The maximum Gasteiger partial charge on any atom is 0.274 e. The van der Waals surface area contributed by atoms with Gasteiger partial charge in [0.05, 0.1) is 10.2 Å². The standard InChI is InChI=1S/C21H22FN3O2S/c1-24(2)16-6-3-14(4-7-16)20(26)25-11-9-17(10-12-25)27-21-23-18-8-5-15(22)13-19(18)28-21/h3-8,13,17H,9-12H2,1-2H3. The van der Waals surface area contributed by atoms with E-state index >= 15 is 0 Å². The van der Waals surface area contributed by atoms with Crippen LogP contribution in [-0.2, 0) is 0 Å². The van der Waals surface area contributed by atoms with Crippen LogP contribution in [0.5, 0.6) is 5.19 Å². The van der Waals surface area contributed by atoms with E-state index in [0.29, 0.717) is 23.8 Å². The molecular formula is C21H22FN3O2S.